The van der Waals surface area contributed by atoms with E-state index in [1.165, 1.54) is 44.4 Å². The lowest BCUT2D eigenvalue weighted by molar-refractivity contribution is -0.0839. The van der Waals surface area contributed by atoms with Crippen molar-refractivity contribution < 1.29 is 13.5 Å². The normalized spacial score (nSPS) is 30.2. The first-order valence-electron chi connectivity index (χ1n) is 11.9. The minimum atomic E-state index is -2.90. The van der Waals surface area contributed by atoms with E-state index in [1.54, 1.807) is 18.2 Å². The average molecular weight is 470 g/mol. The predicted octanol–water partition coefficient (Wildman–Crippen LogP) is 4.67. The van der Waals surface area contributed by atoms with E-state index in [0.717, 1.165) is 23.7 Å². The van der Waals surface area contributed by atoms with E-state index in [2.05, 4.69) is 39.9 Å². The largest absolute Gasteiger partial charge is 0.434 e. The summed E-state index contributed by atoms with van der Waals surface area (Å²) in [5, 5.41) is 15.5. The van der Waals surface area contributed by atoms with Crippen LogP contribution in [0.5, 0.6) is 5.75 Å². The Balaban J connectivity index is 1.32. The van der Waals surface area contributed by atoms with E-state index in [9.17, 15) is 14.0 Å². The fourth-order valence-corrected chi connectivity index (χ4v) is 6.41. The molecule has 4 aliphatic carbocycles. The number of nitrogens with one attached hydrogen (secondary N) is 2. The summed E-state index contributed by atoms with van der Waals surface area (Å²) in [4.78, 5) is 4.65. The molecule has 2 unspecified atom stereocenters. The van der Waals surface area contributed by atoms with Gasteiger partial charge in [-0.3, -0.25) is 4.99 Å². The minimum absolute atomic E-state index is 0.0986. The van der Waals surface area contributed by atoms with Crippen LogP contribution in [0.1, 0.15) is 44.6 Å². The quantitative estimate of drug-likeness (QED) is 0.263. The Morgan fingerprint density at radius 2 is 2.03 bits per heavy atom. The maximum absolute atomic E-state index is 12.6. The van der Waals surface area contributed by atoms with Crippen LogP contribution in [-0.2, 0) is 6.54 Å². The third kappa shape index (κ3) is 5.35. The van der Waals surface area contributed by atoms with Crippen LogP contribution in [0, 0.1) is 40.4 Å². The molecule has 5 rings (SSSR count). The summed E-state index contributed by atoms with van der Waals surface area (Å²) < 4.78 is 29.7. The van der Waals surface area contributed by atoms with Crippen molar-refractivity contribution in [2.75, 3.05) is 6.54 Å². The predicted molar refractivity (Wildman–Crippen MR) is 128 cm³/mol. The van der Waals surface area contributed by atoms with Crippen molar-refractivity contribution in [3.05, 3.63) is 54.0 Å². The van der Waals surface area contributed by atoms with Gasteiger partial charge in [0.15, 0.2) is 0 Å². The number of hydrogen-bond donors (Lipinski definition) is 3. The van der Waals surface area contributed by atoms with Crippen LogP contribution in [0.3, 0.4) is 0 Å². The van der Waals surface area contributed by atoms with Gasteiger partial charge in [0, 0.05) is 24.9 Å². The zero-order chi connectivity index (χ0) is 24.3. The molecule has 0 heterocycles. The van der Waals surface area contributed by atoms with Gasteiger partial charge in [-0.1, -0.05) is 31.7 Å². The Hall–Kier alpha value is -3.08. The summed E-state index contributed by atoms with van der Waals surface area (Å²) in [6.07, 6.45) is 7.86. The van der Waals surface area contributed by atoms with Gasteiger partial charge in [-0.15, -0.1) is 0 Å². The molecule has 0 amide bonds. The number of benzene rings is 1. The second-order valence-electron chi connectivity index (χ2n) is 10.2. The fourth-order valence-electron chi connectivity index (χ4n) is 6.41. The molecule has 0 saturated heterocycles. The van der Waals surface area contributed by atoms with E-state index < -0.39 is 6.61 Å². The second-order valence-corrected chi connectivity index (χ2v) is 10.2. The van der Waals surface area contributed by atoms with Crippen LogP contribution in [0.25, 0.3) is 0 Å². The van der Waals surface area contributed by atoms with Crippen molar-refractivity contribution in [1.29, 1.82) is 5.26 Å². The van der Waals surface area contributed by atoms with Gasteiger partial charge in [-0.25, -0.2) is 0 Å². The second kappa shape index (κ2) is 10.0. The highest BCUT2D eigenvalue weighted by Gasteiger charge is 2.53. The Morgan fingerprint density at radius 3 is 2.71 bits per heavy atom. The van der Waals surface area contributed by atoms with Crippen LogP contribution in [-0.4, -0.2) is 19.0 Å². The number of aliphatic imine (C=N–C) groups is 1. The van der Waals surface area contributed by atoms with Gasteiger partial charge in [0.25, 0.3) is 0 Å². The van der Waals surface area contributed by atoms with Crippen molar-refractivity contribution in [1.82, 2.24) is 10.6 Å². The summed E-state index contributed by atoms with van der Waals surface area (Å²) in [5.74, 6) is 3.97. The number of rotatable bonds is 10. The zero-order valence-corrected chi connectivity index (χ0v) is 19.6. The summed E-state index contributed by atoms with van der Waals surface area (Å²) in [5.41, 5.74) is 7.22. The third-order valence-electron chi connectivity index (χ3n) is 7.92. The molecule has 4 fully saturated rings. The van der Waals surface area contributed by atoms with Crippen LogP contribution in [0.15, 0.2) is 53.4 Å². The fraction of sp³-hybridized carbons (Fsp3) is 0.538. The van der Waals surface area contributed by atoms with E-state index >= 15 is 0 Å². The molecule has 4 N–H and O–H groups in total. The molecule has 0 spiro atoms. The van der Waals surface area contributed by atoms with Crippen LogP contribution >= 0.6 is 0 Å². The maximum Gasteiger partial charge on any atom is 0.387 e. The van der Waals surface area contributed by atoms with Crippen molar-refractivity contribution in [3.8, 4) is 11.8 Å². The molecular formula is C26H33F2N5O. The standard InChI is InChI=1S/C26H33F2N5O/c1-16-20-7-18-8-21(16)11-26(9-18,10-20)15-33-24(30)22(12-29)14-32-17(2)31-13-19-5-3-4-6-23(19)34-25(27)28/h3-6,14,16,18,20-21,25,31-32H,2,7-11,13,15H2,1H3,(H2,30,33). The van der Waals surface area contributed by atoms with Crippen molar-refractivity contribution in [2.24, 2.45) is 39.8 Å². The number of amidine groups is 1. The molecule has 1 aromatic carbocycles. The number of halogens is 2. The van der Waals surface area contributed by atoms with E-state index in [1.807, 2.05) is 0 Å². The number of nitrogens with zero attached hydrogens (tertiary/aromatic N) is 2. The zero-order valence-electron chi connectivity index (χ0n) is 19.6. The van der Waals surface area contributed by atoms with Crippen molar-refractivity contribution >= 4 is 5.84 Å². The lowest BCUT2D eigenvalue weighted by atomic mass is 9.46. The lowest BCUT2D eigenvalue weighted by Crippen LogP contribution is -2.51. The Morgan fingerprint density at radius 1 is 1.32 bits per heavy atom. The van der Waals surface area contributed by atoms with Gasteiger partial charge >= 0.3 is 6.61 Å². The first-order chi connectivity index (χ1) is 16.3. The summed E-state index contributed by atoms with van der Waals surface area (Å²) in [6, 6.07) is 8.63. The Bertz CT molecular complexity index is 999. The van der Waals surface area contributed by atoms with E-state index in [4.69, 9.17) is 5.73 Å². The summed E-state index contributed by atoms with van der Waals surface area (Å²) in [6.45, 7) is 4.27. The lowest BCUT2D eigenvalue weighted by Gasteiger charge is -2.59. The number of nitrogens with two attached hydrogens (primary N) is 1. The van der Waals surface area contributed by atoms with Gasteiger partial charge < -0.3 is 21.1 Å². The van der Waals surface area contributed by atoms with Crippen molar-refractivity contribution in [3.63, 3.8) is 0 Å². The first-order valence-corrected chi connectivity index (χ1v) is 11.9. The molecule has 8 heteroatoms. The minimum Gasteiger partial charge on any atom is -0.434 e. The summed E-state index contributed by atoms with van der Waals surface area (Å²) in [7, 11) is 0. The molecule has 34 heavy (non-hydrogen) atoms. The average Bonchev–Trinajstić information content (AvgIpc) is 2.80. The molecule has 4 saturated carbocycles. The number of nitriles is 1. The molecule has 6 nitrogen and oxygen atoms in total. The first kappa shape index (κ1) is 24.1. The van der Waals surface area contributed by atoms with Crippen LogP contribution < -0.4 is 21.1 Å². The van der Waals surface area contributed by atoms with Gasteiger partial charge in [0.05, 0.1) is 5.82 Å². The molecule has 0 aromatic heterocycles. The summed E-state index contributed by atoms with van der Waals surface area (Å²) >= 11 is 0. The molecule has 0 radical (unpaired) electrons. The highest BCUT2D eigenvalue weighted by molar-refractivity contribution is 6.00. The highest BCUT2D eigenvalue weighted by atomic mass is 19.3. The monoisotopic (exact) mass is 469 g/mol. The Kier molecular flexibility index (Phi) is 7.11. The SMILES string of the molecule is C=C(NC=C(C#N)C(N)=NCC12CC3CC(C1)C(C)C(C3)C2)NCc1ccccc1OC(F)F. The smallest absolute Gasteiger partial charge is 0.387 e. The molecule has 182 valence electrons. The van der Waals surface area contributed by atoms with E-state index in [0.29, 0.717) is 17.9 Å². The van der Waals surface area contributed by atoms with Gasteiger partial charge in [0.1, 0.15) is 23.2 Å². The number of hydrogen-bond acceptors (Lipinski definition) is 5. The number of para-hydroxylation sites is 1. The molecular weight excluding hydrogens is 436 g/mol. The molecule has 4 bridgehead atoms. The van der Waals surface area contributed by atoms with Gasteiger partial charge in [-0.05, 0) is 67.3 Å². The molecule has 0 aliphatic heterocycles. The van der Waals surface area contributed by atoms with Gasteiger partial charge in [0.2, 0.25) is 0 Å². The third-order valence-corrected chi connectivity index (χ3v) is 7.92. The van der Waals surface area contributed by atoms with Gasteiger partial charge in [-0.2, -0.15) is 14.0 Å². The molecule has 1 aromatic rings. The van der Waals surface area contributed by atoms with Crippen molar-refractivity contribution in [2.45, 2.75) is 52.2 Å². The molecule has 4 aliphatic rings. The highest BCUT2D eigenvalue weighted by Crippen LogP contribution is 2.62. The van der Waals surface area contributed by atoms with Crippen LogP contribution in [0.2, 0.25) is 0 Å². The maximum atomic E-state index is 12.6. The van der Waals surface area contributed by atoms with Crippen LogP contribution in [0.4, 0.5) is 8.78 Å². The number of alkyl halides is 2. The van der Waals surface area contributed by atoms with E-state index in [-0.39, 0.29) is 29.1 Å². The Labute approximate surface area is 200 Å². The number of ether oxygens (including phenoxy) is 1. The molecule has 2 atom stereocenters. The topological polar surface area (TPSA) is 95.5 Å².